The molecule has 3 N–H and O–H groups in total. The first-order chi connectivity index (χ1) is 13.7. The molecule has 2 aromatic rings. The number of hydrogen-bond acceptors (Lipinski definition) is 4. The van der Waals surface area contributed by atoms with Crippen molar-refractivity contribution < 1.29 is 18.0 Å². The maximum Gasteiger partial charge on any atom is 0.240 e. The van der Waals surface area contributed by atoms with Crippen LogP contribution < -0.4 is 15.4 Å². The lowest BCUT2D eigenvalue weighted by Crippen LogP contribution is -2.28. The molecule has 1 aliphatic heterocycles. The molecule has 0 aliphatic carbocycles. The van der Waals surface area contributed by atoms with Gasteiger partial charge in [-0.2, -0.15) is 0 Å². The van der Waals surface area contributed by atoms with Crippen molar-refractivity contribution in [2.75, 3.05) is 17.2 Å². The smallest absolute Gasteiger partial charge is 0.240 e. The highest BCUT2D eigenvalue weighted by Crippen LogP contribution is 2.25. The number of amides is 2. The van der Waals surface area contributed by atoms with E-state index in [4.69, 9.17) is 0 Å². The molecule has 1 aliphatic rings. The molecule has 0 fully saturated rings. The third-order valence-electron chi connectivity index (χ3n) is 4.60. The lowest BCUT2D eigenvalue weighted by Gasteiger charge is -2.11. The Kier molecular flexibility index (Phi) is 6.71. The Hall–Kier alpha value is -2.23. The van der Waals surface area contributed by atoms with Crippen molar-refractivity contribution in [3.8, 4) is 0 Å². The van der Waals surface area contributed by atoms with Crippen molar-refractivity contribution in [2.24, 2.45) is 0 Å². The molecule has 0 radical (unpaired) electrons. The second-order valence-electron chi connectivity index (χ2n) is 6.88. The van der Waals surface area contributed by atoms with E-state index in [1.54, 1.807) is 18.2 Å². The van der Waals surface area contributed by atoms with Crippen LogP contribution >= 0.6 is 15.9 Å². The Morgan fingerprint density at radius 2 is 1.97 bits per heavy atom. The van der Waals surface area contributed by atoms with Gasteiger partial charge >= 0.3 is 0 Å². The zero-order chi connectivity index (χ0) is 21.0. The van der Waals surface area contributed by atoms with E-state index >= 15 is 0 Å². The van der Waals surface area contributed by atoms with E-state index in [1.165, 1.54) is 6.07 Å². The zero-order valence-corrected chi connectivity index (χ0v) is 18.3. The molecule has 2 amide bonds. The SMILES string of the molecule is Cc1cc(NC(=O)CCNS(=O)(=O)c2ccc3c(c2)CCCC(=O)N3)ccc1Br. The maximum atomic E-state index is 12.6. The van der Waals surface area contributed by atoms with Gasteiger partial charge in [-0.25, -0.2) is 13.1 Å². The lowest BCUT2D eigenvalue weighted by molar-refractivity contribution is -0.116. The standard InChI is InChI=1S/C20H22BrN3O4S/c1-13-11-15(5-7-17(13)21)23-20(26)9-10-22-29(27,28)16-6-8-18-14(12-16)3-2-4-19(25)24-18/h5-8,11-12,22H,2-4,9-10H2,1H3,(H,23,26)(H,24,25). The number of halogens is 1. The topological polar surface area (TPSA) is 104 Å². The summed E-state index contributed by atoms with van der Waals surface area (Å²) >= 11 is 3.40. The summed E-state index contributed by atoms with van der Waals surface area (Å²) in [5, 5.41) is 5.53. The van der Waals surface area contributed by atoms with E-state index in [2.05, 4.69) is 31.3 Å². The van der Waals surface area contributed by atoms with Crippen LogP contribution in [0, 0.1) is 6.92 Å². The monoisotopic (exact) mass is 479 g/mol. The van der Waals surface area contributed by atoms with E-state index < -0.39 is 10.0 Å². The molecule has 0 spiro atoms. The fourth-order valence-corrected chi connectivity index (χ4v) is 4.38. The van der Waals surface area contributed by atoms with E-state index in [1.807, 2.05) is 19.1 Å². The zero-order valence-electron chi connectivity index (χ0n) is 15.9. The molecule has 0 bridgehead atoms. The van der Waals surface area contributed by atoms with Gasteiger partial charge in [-0.15, -0.1) is 0 Å². The molecule has 0 saturated carbocycles. The number of sulfonamides is 1. The Morgan fingerprint density at radius 1 is 1.17 bits per heavy atom. The van der Waals surface area contributed by atoms with Crippen LogP contribution in [0.4, 0.5) is 11.4 Å². The second kappa shape index (κ2) is 9.06. The lowest BCUT2D eigenvalue weighted by atomic mass is 10.1. The minimum atomic E-state index is -3.75. The summed E-state index contributed by atoms with van der Waals surface area (Å²) in [5.74, 6) is -0.344. The average molecular weight is 480 g/mol. The van der Waals surface area contributed by atoms with Gasteiger partial charge in [0.25, 0.3) is 0 Å². The second-order valence-corrected chi connectivity index (χ2v) is 9.50. The first kappa shape index (κ1) is 21.5. The van der Waals surface area contributed by atoms with Gasteiger partial charge in [-0.05, 0) is 67.3 Å². The molecular formula is C20H22BrN3O4S. The summed E-state index contributed by atoms with van der Waals surface area (Å²) in [6, 6.07) is 10.1. The molecule has 0 aromatic heterocycles. The quantitative estimate of drug-likeness (QED) is 0.590. The van der Waals surface area contributed by atoms with Crippen molar-refractivity contribution in [3.63, 3.8) is 0 Å². The molecule has 2 aromatic carbocycles. The van der Waals surface area contributed by atoms with E-state index in [0.717, 1.165) is 15.6 Å². The van der Waals surface area contributed by atoms with Crippen molar-refractivity contribution in [1.82, 2.24) is 4.72 Å². The van der Waals surface area contributed by atoms with Crippen LogP contribution in [0.15, 0.2) is 45.8 Å². The Balaban J connectivity index is 1.58. The van der Waals surface area contributed by atoms with Gasteiger partial charge in [0.2, 0.25) is 21.8 Å². The van der Waals surface area contributed by atoms with Gasteiger partial charge in [0, 0.05) is 35.2 Å². The summed E-state index contributed by atoms with van der Waals surface area (Å²) < 4.78 is 28.5. The van der Waals surface area contributed by atoms with Crippen molar-refractivity contribution in [1.29, 1.82) is 0 Å². The predicted molar refractivity (Wildman–Crippen MR) is 115 cm³/mol. The third-order valence-corrected chi connectivity index (χ3v) is 6.95. The van der Waals surface area contributed by atoms with Crippen LogP contribution in [0.1, 0.15) is 30.4 Å². The van der Waals surface area contributed by atoms with Crippen LogP contribution in [-0.2, 0) is 26.0 Å². The number of fused-ring (bicyclic) bond motifs is 1. The van der Waals surface area contributed by atoms with Crippen LogP contribution in [0.2, 0.25) is 0 Å². The van der Waals surface area contributed by atoms with Crippen LogP contribution in [0.3, 0.4) is 0 Å². The van der Waals surface area contributed by atoms with Gasteiger partial charge in [-0.1, -0.05) is 15.9 Å². The molecule has 154 valence electrons. The van der Waals surface area contributed by atoms with Crippen LogP contribution in [0.5, 0.6) is 0 Å². The molecule has 1 heterocycles. The summed E-state index contributed by atoms with van der Waals surface area (Å²) in [7, 11) is -3.75. The number of rotatable bonds is 6. The van der Waals surface area contributed by atoms with Gasteiger partial charge in [-0.3, -0.25) is 9.59 Å². The third kappa shape index (κ3) is 5.65. The van der Waals surface area contributed by atoms with Crippen LogP contribution in [0.25, 0.3) is 0 Å². The summed E-state index contributed by atoms with van der Waals surface area (Å²) in [6.45, 7) is 1.90. The Labute approximate surface area is 178 Å². The highest BCUT2D eigenvalue weighted by atomic mass is 79.9. The maximum absolute atomic E-state index is 12.6. The fourth-order valence-electron chi connectivity index (χ4n) is 3.05. The molecular weight excluding hydrogens is 458 g/mol. The fraction of sp³-hybridized carbons (Fsp3) is 0.300. The average Bonchev–Trinajstić information content (AvgIpc) is 2.84. The van der Waals surface area contributed by atoms with Gasteiger partial charge in [0.15, 0.2) is 0 Å². The van der Waals surface area contributed by atoms with Crippen molar-refractivity contribution in [3.05, 3.63) is 52.0 Å². The molecule has 29 heavy (non-hydrogen) atoms. The van der Waals surface area contributed by atoms with E-state index in [0.29, 0.717) is 30.6 Å². The van der Waals surface area contributed by atoms with Gasteiger partial charge in [0.05, 0.1) is 4.90 Å². The number of carbonyl (C=O) groups is 2. The normalized spacial score (nSPS) is 13.9. The first-order valence-electron chi connectivity index (χ1n) is 9.23. The van der Waals surface area contributed by atoms with Crippen LogP contribution in [-0.4, -0.2) is 26.8 Å². The number of aryl methyl sites for hydroxylation is 2. The minimum absolute atomic E-state index is 0.00927. The molecule has 7 nitrogen and oxygen atoms in total. The predicted octanol–water partition coefficient (Wildman–Crippen LogP) is 3.34. The largest absolute Gasteiger partial charge is 0.326 e. The highest BCUT2D eigenvalue weighted by Gasteiger charge is 2.19. The molecule has 9 heteroatoms. The Bertz CT molecular complexity index is 1050. The van der Waals surface area contributed by atoms with Gasteiger partial charge in [0.1, 0.15) is 0 Å². The molecule has 0 saturated heterocycles. The van der Waals surface area contributed by atoms with Gasteiger partial charge < -0.3 is 10.6 Å². The first-order valence-corrected chi connectivity index (χ1v) is 11.5. The summed E-state index contributed by atoms with van der Waals surface area (Å²) in [6.07, 6.45) is 1.73. The summed E-state index contributed by atoms with van der Waals surface area (Å²) in [5.41, 5.74) is 3.09. The Morgan fingerprint density at radius 3 is 2.72 bits per heavy atom. The molecule has 0 unspecified atom stereocenters. The minimum Gasteiger partial charge on any atom is -0.326 e. The number of hydrogen-bond donors (Lipinski definition) is 3. The van der Waals surface area contributed by atoms with E-state index in [9.17, 15) is 18.0 Å². The van der Waals surface area contributed by atoms with E-state index in [-0.39, 0.29) is 29.7 Å². The van der Waals surface area contributed by atoms with Crippen molar-refractivity contribution in [2.45, 2.75) is 37.5 Å². The number of benzene rings is 2. The number of nitrogens with one attached hydrogen (secondary N) is 3. The number of anilines is 2. The molecule has 0 atom stereocenters. The number of carbonyl (C=O) groups excluding carboxylic acids is 2. The molecule has 3 rings (SSSR count). The highest BCUT2D eigenvalue weighted by molar-refractivity contribution is 9.10. The summed E-state index contributed by atoms with van der Waals surface area (Å²) in [4.78, 5) is 23.8. The van der Waals surface area contributed by atoms with Crippen molar-refractivity contribution >= 4 is 49.1 Å².